The molecule has 1 aromatic heterocycles. The number of amides is 3. The highest BCUT2D eigenvalue weighted by atomic mass is 19.4. The van der Waals surface area contributed by atoms with Crippen LogP contribution >= 0.6 is 0 Å². The summed E-state index contributed by atoms with van der Waals surface area (Å²) in [5, 5.41) is 7.33. The van der Waals surface area contributed by atoms with E-state index in [0.717, 1.165) is 12.1 Å². The van der Waals surface area contributed by atoms with Crippen LogP contribution in [0.2, 0.25) is 0 Å². The summed E-state index contributed by atoms with van der Waals surface area (Å²) in [5.41, 5.74) is -0.375. The van der Waals surface area contributed by atoms with E-state index in [1.54, 1.807) is 19.1 Å². The number of carbonyl (C=O) groups excluding carboxylic acids is 2. The third-order valence-electron chi connectivity index (χ3n) is 3.54. The summed E-state index contributed by atoms with van der Waals surface area (Å²) in [6.45, 7) is 1.52. The maximum atomic E-state index is 12.7. The third-order valence-corrected chi connectivity index (χ3v) is 3.54. The zero-order valence-corrected chi connectivity index (χ0v) is 13.9. The summed E-state index contributed by atoms with van der Waals surface area (Å²) in [6.07, 6.45) is -2.97. The lowest BCUT2D eigenvalue weighted by atomic mass is 10.0. The summed E-state index contributed by atoms with van der Waals surface area (Å²) >= 11 is 0. The minimum Gasteiger partial charge on any atom is -0.467 e. The second kappa shape index (κ2) is 8.52. The monoisotopic (exact) mass is 369 g/mol. The molecule has 2 aromatic rings. The Bertz CT molecular complexity index is 745. The molecule has 1 atom stereocenters. The zero-order valence-electron chi connectivity index (χ0n) is 13.9. The van der Waals surface area contributed by atoms with Crippen molar-refractivity contribution in [2.75, 3.05) is 6.54 Å². The van der Waals surface area contributed by atoms with E-state index in [4.69, 9.17) is 4.42 Å². The van der Waals surface area contributed by atoms with Crippen molar-refractivity contribution in [1.82, 2.24) is 16.0 Å². The molecule has 1 heterocycles. The molecule has 0 saturated carbocycles. The van der Waals surface area contributed by atoms with E-state index in [1.807, 2.05) is 0 Å². The predicted octanol–water partition coefficient (Wildman–Crippen LogP) is 2.98. The largest absolute Gasteiger partial charge is 0.467 e. The molecular formula is C17H18F3N3O3. The molecule has 1 aromatic carbocycles. The van der Waals surface area contributed by atoms with Crippen molar-refractivity contribution >= 4 is 11.9 Å². The van der Waals surface area contributed by atoms with Gasteiger partial charge in [-0.05, 0) is 36.8 Å². The van der Waals surface area contributed by atoms with Crippen molar-refractivity contribution in [2.24, 2.45) is 0 Å². The molecule has 0 spiro atoms. The Morgan fingerprint density at radius 1 is 1.19 bits per heavy atom. The van der Waals surface area contributed by atoms with E-state index in [-0.39, 0.29) is 13.1 Å². The fourth-order valence-corrected chi connectivity index (χ4v) is 2.14. The van der Waals surface area contributed by atoms with Gasteiger partial charge in [0.05, 0.1) is 24.9 Å². The lowest BCUT2D eigenvalue weighted by molar-refractivity contribution is -0.137. The maximum Gasteiger partial charge on any atom is 0.416 e. The molecule has 0 unspecified atom stereocenters. The lowest BCUT2D eigenvalue weighted by Gasteiger charge is -2.16. The van der Waals surface area contributed by atoms with E-state index in [0.29, 0.717) is 11.3 Å². The van der Waals surface area contributed by atoms with Crippen LogP contribution in [0.1, 0.15) is 29.9 Å². The van der Waals surface area contributed by atoms with Gasteiger partial charge in [0.2, 0.25) is 5.91 Å². The average molecular weight is 369 g/mol. The highest BCUT2D eigenvalue weighted by molar-refractivity contribution is 5.95. The van der Waals surface area contributed by atoms with Gasteiger partial charge in [-0.3, -0.25) is 10.1 Å². The number of hydrogen-bond acceptors (Lipinski definition) is 4. The van der Waals surface area contributed by atoms with Gasteiger partial charge in [0.25, 0.3) is 0 Å². The molecule has 140 valence electrons. The van der Waals surface area contributed by atoms with Gasteiger partial charge in [-0.2, -0.15) is 13.2 Å². The highest BCUT2D eigenvalue weighted by Crippen LogP contribution is 2.30. The van der Waals surface area contributed by atoms with Crippen molar-refractivity contribution in [3.8, 4) is 0 Å². The van der Waals surface area contributed by atoms with Crippen LogP contribution in [0.3, 0.4) is 0 Å². The molecule has 3 amide bonds. The van der Waals surface area contributed by atoms with Gasteiger partial charge in [0.1, 0.15) is 5.76 Å². The SMILES string of the molecule is C[C@H](NCC(=O)NC(=O)NCc1ccco1)c1cccc(C(F)(F)F)c1. The van der Waals surface area contributed by atoms with Crippen molar-refractivity contribution in [1.29, 1.82) is 0 Å². The summed E-state index contributed by atoms with van der Waals surface area (Å²) in [4.78, 5) is 23.3. The number of hydrogen-bond donors (Lipinski definition) is 3. The second-order valence-electron chi connectivity index (χ2n) is 5.54. The van der Waals surface area contributed by atoms with Gasteiger partial charge in [0, 0.05) is 6.04 Å². The second-order valence-corrected chi connectivity index (χ2v) is 5.54. The van der Waals surface area contributed by atoms with Crippen molar-refractivity contribution < 1.29 is 27.2 Å². The van der Waals surface area contributed by atoms with E-state index in [9.17, 15) is 22.8 Å². The number of halogens is 3. The van der Waals surface area contributed by atoms with E-state index in [2.05, 4.69) is 16.0 Å². The molecule has 2 rings (SSSR count). The molecule has 0 bridgehead atoms. The zero-order chi connectivity index (χ0) is 19.2. The topological polar surface area (TPSA) is 83.4 Å². The summed E-state index contributed by atoms with van der Waals surface area (Å²) in [5.74, 6) is -0.0790. The Morgan fingerprint density at radius 3 is 2.62 bits per heavy atom. The van der Waals surface area contributed by atoms with Crippen LogP contribution in [-0.4, -0.2) is 18.5 Å². The van der Waals surface area contributed by atoms with Crippen LogP contribution in [0, 0.1) is 0 Å². The first-order valence-corrected chi connectivity index (χ1v) is 7.76. The molecule has 9 heteroatoms. The number of nitrogens with one attached hydrogen (secondary N) is 3. The molecule has 0 aliphatic heterocycles. The van der Waals surface area contributed by atoms with Crippen LogP contribution < -0.4 is 16.0 Å². The summed E-state index contributed by atoms with van der Waals surface area (Å²) in [7, 11) is 0. The van der Waals surface area contributed by atoms with Crippen LogP contribution in [0.15, 0.2) is 47.1 Å². The van der Waals surface area contributed by atoms with Crippen LogP contribution in [-0.2, 0) is 17.5 Å². The summed E-state index contributed by atoms with van der Waals surface area (Å²) < 4.78 is 43.2. The molecule has 3 N–H and O–H groups in total. The molecule has 0 aliphatic carbocycles. The van der Waals surface area contributed by atoms with Crippen LogP contribution in [0.4, 0.5) is 18.0 Å². The van der Waals surface area contributed by atoms with E-state index in [1.165, 1.54) is 18.4 Å². The van der Waals surface area contributed by atoms with Crippen LogP contribution in [0.25, 0.3) is 0 Å². The number of furan rings is 1. The Hall–Kier alpha value is -2.81. The van der Waals surface area contributed by atoms with Crippen molar-refractivity contribution in [2.45, 2.75) is 25.7 Å². The quantitative estimate of drug-likeness (QED) is 0.731. The van der Waals surface area contributed by atoms with Gasteiger partial charge in [-0.1, -0.05) is 12.1 Å². The van der Waals surface area contributed by atoms with Crippen molar-refractivity contribution in [3.05, 3.63) is 59.5 Å². The number of benzene rings is 1. The first-order valence-electron chi connectivity index (χ1n) is 7.76. The Morgan fingerprint density at radius 2 is 1.96 bits per heavy atom. The molecule has 6 nitrogen and oxygen atoms in total. The van der Waals surface area contributed by atoms with Gasteiger partial charge in [-0.25, -0.2) is 4.79 Å². The molecule has 0 radical (unpaired) electrons. The molecule has 0 aliphatic rings. The lowest BCUT2D eigenvalue weighted by Crippen LogP contribution is -2.43. The first-order chi connectivity index (χ1) is 12.3. The fourth-order valence-electron chi connectivity index (χ4n) is 2.14. The van der Waals surface area contributed by atoms with Crippen molar-refractivity contribution in [3.63, 3.8) is 0 Å². The molecule has 0 saturated heterocycles. The Balaban J connectivity index is 1.78. The smallest absolute Gasteiger partial charge is 0.416 e. The number of rotatable bonds is 6. The van der Waals surface area contributed by atoms with Gasteiger partial charge >= 0.3 is 12.2 Å². The first kappa shape index (κ1) is 19.5. The summed E-state index contributed by atoms with van der Waals surface area (Å²) in [6, 6.07) is 6.96. The molecular weight excluding hydrogens is 351 g/mol. The third kappa shape index (κ3) is 5.92. The number of carbonyl (C=O) groups is 2. The maximum absolute atomic E-state index is 12.7. The minimum absolute atomic E-state index is 0.125. The molecule has 26 heavy (non-hydrogen) atoms. The standard InChI is InChI=1S/C17H18F3N3O3/c1-11(12-4-2-5-13(8-12)17(18,19)20)21-10-15(24)23-16(25)22-9-14-6-3-7-26-14/h2-8,11,21H,9-10H2,1H3,(H2,22,23,24,25)/t11-/m0/s1. The van der Waals surface area contributed by atoms with E-state index >= 15 is 0 Å². The number of imide groups is 1. The number of urea groups is 1. The minimum atomic E-state index is -4.43. The van der Waals surface area contributed by atoms with Gasteiger partial charge in [0.15, 0.2) is 0 Å². The normalized spacial score (nSPS) is 12.5. The number of alkyl halides is 3. The average Bonchev–Trinajstić information content (AvgIpc) is 3.11. The van der Waals surface area contributed by atoms with Crippen LogP contribution in [0.5, 0.6) is 0 Å². The molecule has 0 fully saturated rings. The van der Waals surface area contributed by atoms with Gasteiger partial charge in [-0.15, -0.1) is 0 Å². The fraction of sp³-hybridized carbons (Fsp3) is 0.294. The van der Waals surface area contributed by atoms with E-state index < -0.39 is 29.7 Å². The Labute approximate surface area is 147 Å². The van der Waals surface area contributed by atoms with Gasteiger partial charge < -0.3 is 15.1 Å². The Kier molecular flexibility index (Phi) is 6.40. The highest BCUT2D eigenvalue weighted by Gasteiger charge is 2.30. The predicted molar refractivity (Wildman–Crippen MR) is 86.9 cm³/mol.